The molecule has 2 aliphatic rings. The maximum atomic E-state index is 12.4. The molecule has 0 spiro atoms. The van der Waals surface area contributed by atoms with E-state index in [2.05, 4.69) is 20.6 Å². The first-order valence-electron chi connectivity index (χ1n) is 8.12. The molecule has 0 aromatic rings. The standard InChI is InChI=1S/C16H21N5O4S/c1-10(22)19-12(5-9-26-2)14(23)18-7-8-21-15(24)11-4-3-6-17-13(11)20-16(21)25/h3-4,6,11-12H,5,7-9H2,1-2H3,(H,18,23)(H,19,22). The summed E-state index contributed by atoms with van der Waals surface area (Å²) in [6, 6.07) is -1.34. The highest BCUT2D eigenvalue weighted by molar-refractivity contribution is 7.98. The van der Waals surface area contributed by atoms with Gasteiger partial charge in [-0.1, -0.05) is 6.08 Å². The van der Waals surface area contributed by atoms with Crippen LogP contribution >= 0.6 is 11.8 Å². The highest BCUT2D eigenvalue weighted by Crippen LogP contribution is 2.18. The zero-order valence-corrected chi connectivity index (χ0v) is 15.4. The molecule has 0 bridgehead atoms. The van der Waals surface area contributed by atoms with E-state index in [1.54, 1.807) is 23.9 Å². The fraction of sp³-hybridized carbons (Fsp3) is 0.500. The highest BCUT2D eigenvalue weighted by atomic mass is 32.2. The largest absolute Gasteiger partial charge is 0.353 e. The molecule has 2 aliphatic heterocycles. The third-order valence-corrected chi connectivity index (χ3v) is 4.43. The lowest BCUT2D eigenvalue weighted by Gasteiger charge is -2.27. The van der Waals surface area contributed by atoms with Crippen molar-refractivity contribution in [3.63, 3.8) is 0 Å². The Morgan fingerprint density at radius 3 is 2.85 bits per heavy atom. The van der Waals surface area contributed by atoms with Gasteiger partial charge in [0.2, 0.25) is 17.7 Å². The van der Waals surface area contributed by atoms with E-state index < -0.39 is 23.9 Å². The molecule has 10 heteroatoms. The number of aliphatic imine (C=N–C) groups is 2. The molecule has 140 valence electrons. The molecule has 2 N–H and O–H groups in total. The number of carbonyl (C=O) groups excluding carboxylic acids is 4. The van der Waals surface area contributed by atoms with E-state index in [1.165, 1.54) is 13.1 Å². The number of fused-ring (bicyclic) bond motifs is 1. The molecule has 0 aliphatic carbocycles. The number of urea groups is 1. The van der Waals surface area contributed by atoms with Crippen LogP contribution in [0, 0.1) is 5.92 Å². The van der Waals surface area contributed by atoms with E-state index in [0.29, 0.717) is 12.2 Å². The number of nitrogens with zero attached hydrogens (tertiary/aromatic N) is 3. The van der Waals surface area contributed by atoms with Gasteiger partial charge in [-0.2, -0.15) is 16.8 Å². The Morgan fingerprint density at radius 1 is 1.38 bits per heavy atom. The number of amides is 5. The second-order valence-corrected chi connectivity index (χ2v) is 6.69. The molecular weight excluding hydrogens is 358 g/mol. The van der Waals surface area contributed by atoms with Gasteiger partial charge in [-0.05, 0) is 24.5 Å². The zero-order chi connectivity index (χ0) is 19.1. The SMILES string of the molecule is CSCCC(NC(C)=O)C(=O)NCCN1C(=O)N=C2N=CC=CC2C1=O. The van der Waals surface area contributed by atoms with Gasteiger partial charge in [-0.25, -0.2) is 9.79 Å². The number of thioether (sulfide) groups is 1. The summed E-state index contributed by atoms with van der Waals surface area (Å²) < 4.78 is 0. The summed E-state index contributed by atoms with van der Waals surface area (Å²) in [6.07, 6.45) is 7.13. The van der Waals surface area contributed by atoms with Crippen molar-refractivity contribution in [3.8, 4) is 0 Å². The van der Waals surface area contributed by atoms with Crippen LogP contribution in [-0.4, -0.2) is 71.8 Å². The summed E-state index contributed by atoms with van der Waals surface area (Å²) in [7, 11) is 0. The molecule has 0 aromatic heterocycles. The summed E-state index contributed by atoms with van der Waals surface area (Å²) >= 11 is 1.57. The lowest BCUT2D eigenvalue weighted by Crippen LogP contribution is -2.51. The minimum atomic E-state index is -0.691. The first kappa shape index (κ1) is 19.8. The number of allylic oxidation sites excluding steroid dienone is 1. The molecule has 2 atom stereocenters. The maximum absolute atomic E-state index is 12.4. The maximum Gasteiger partial charge on any atom is 0.352 e. The molecule has 2 heterocycles. The smallest absolute Gasteiger partial charge is 0.352 e. The number of nitrogens with one attached hydrogen (secondary N) is 2. The summed E-state index contributed by atoms with van der Waals surface area (Å²) in [5, 5.41) is 5.25. The van der Waals surface area contributed by atoms with Crippen LogP contribution in [0.5, 0.6) is 0 Å². The summed E-state index contributed by atoms with van der Waals surface area (Å²) in [4.78, 5) is 56.6. The van der Waals surface area contributed by atoms with Gasteiger partial charge in [0.15, 0.2) is 0 Å². The predicted octanol–water partition coefficient (Wildman–Crippen LogP) is -0.0221. The van der Waals surface area contributed by atoms with Crippen LogP contribution < -0.4 is 10.6 Å². The number of amidine groups is 1. The molecule has 0 radical (unpaired) electrons. The first-order valence-corrected chi connectivity index (χ1v) is 9.52. The lowest BCUT2D eigenvalue weighted by molar-refractivity contribution is -0.130. The van der Waals surface area contributed by atoms with Crippen molar-refractivity contribution in [2.45, 2.75) is 19.4 Å². The molecule has 0 aromatic carbocycles. The normalized spacial score (nSPS) is 19.7. The fourth-order valence-electron chi connectivity index (χ4n) is 2.53. The number of hydrogen-bond acceptors (Lipinski definition) is 6. The van der Waals surface area contributed by atoms with Crippen LogP contribution in [-0.2, 0) is 14.4 Å². The van der Waals surface area contributed by atoms with Gasteiger partial charge in [0.1, 0.15) is 17.8 Å². The first-order chi connectivity index (χ1) is 12.4. The molecular formula is C16H21N5O4S. The fourth-order valence-corrected chi connectivity index (χ4v) is 3.00. The van der Waals surface area contributed by atoms with Crippen molar-refractivity contribution in [1.82, 2.24) is 15.5 Å². The quantitative estimate of drug-likeness (QED) is 0.614. The van der Waals surface area contributed by atoms with E-state index in [0.717, 1.165) is 4.90 Å². The molecule has 9 nitrogen and oxygen atoms in total. The summed E-state index contributed by atoms with van der Waals surface area (Å²) in [6.45, 7) is 1.43. The van der Waals surface area contributed by atoms with Gasteiger partial charge in [0.05, 0.1) is 0 Å². The Bertz CT molecular complexity index is 688. The van der Waals surface area contributed by atoms with Crippen LogP contribution in [0.15, 0.2) is 22.1 Å². The van der Waals surface area contributed by atoms with Gasteiger partial charge in [-0.15, -0.1) is 0 Å². The lowest BCUT2D eigenvalue weighted by atomic mass is 10.0. The summed E-state index contributed by atoms with van der Waals surface area (Å²) in [5.74, 6) is -0.819. The van der Waals surface area contributed by atoms with Crippen molar-refractivity contribution in [2.24, 2.45) is 15.9 Å². The molecule has 2 rings (SSSR count). The van der Waals surface area contributed by atoms with Crippen molar-refractivity contribution in [1.29, 1.82) is 0 Å². The van der Waals surface area contributed by atoms with E-state index >= 15 is 0 Å². The van der Waals surface area contributed by atoms with Crippen LogP contribution in [0.1, 0.15) is 13.3 Å². The van der Waals surface area contributed by atoms with Crippen LogP contribution in [0.25, 0.3) is 0 Å². The average Bonchev–Trinajstić information content (AvgIpc) is 2.60. The van der Waals surface area contributed by atoms with Crippen LogP contribution in [0.3, 0.4) is 0 Å². The number of dihydropyridines is 1. The van der Waals surface area contributed by atoms with Gasteiger partial charge >= 0.3 is 6.03 Å². The molecule has 26 heavy (non-hydrogen) atoms. The topological polar surface area (TPSA) is 120 Å². The van der Waals surface area contributed by atoms with E-state index in [-0.39, 0.29) is 30.7 Å². The second kappa shape index (κ2) is 9.27. The van der Waals surface area contributed by atoms with Gasteiger partial charge in [-0.3, -0.25) is 19.3 Å². The number of hydrogen-bond donors (Lipinski definition) is 2. The second-order valence-electron chi connectivity index (χ2n) is 5.71. The van der Waals surface area contributed by atoms with Gasteiger partial charge in [0, 0.05) is 26.2 Å². The van der Waals surface area contributed by atoms with Crippen molar-refractivity contribution >= 4 is 47.6 Å². The Hall–Kier alpha value is -2.49. The van der Waals surface area contributed by atoms with Crippen LogP contribution in [0.4, 0.5) is 4.79 Å². The molecule has 2 unspecified atom stereocenters. The van der Waals surface area contributed by atoms with Crippen molar-refractivity contribution in [2.75, 3.05) is 25.1 Å². The van der Waals surface area contributed by atoms with Gasteiger partial charge in [0.25, 0.3) is 0 Å². The molecule has 0 fully saturated rings. The van der Waals surface area contributed by atoms with Crippen molar-refractivity contribution < 1.29 is 19.2 Å². The Kier molecular flexibility index (Phi) is 7.07. The molecule has 0 saturated carbocycles. The van der Waals surface area contributed by atoms with Gasteiger partial charge < -0.3 is 10.6 Å². The Labute approximate surface area is 155 Å². The molecule has 0 saturated heterocycles. The number of rotatable bonds is 8. The van der Waals surface area contributed by atoms with Crippen molar-refractivity contribution in [3.05, 3.63) is 12.2 Å². The average molecular weight is 379 g/mol. The summed E-state index contributed by atoms with van der Waals surface area (Å²) in [5.41, 5.74) is 0. The van der Waals surface area contributed by atoms with E-state index in [1.807, 2.05) is 6.26 Å². The third kappa shape index (κ3) is 5.01. The Balaban J connectivity index is 1.90. The minimum Gasteiger partial charge on any atom is -0.353 e. The van der Waals surface area contributed by atoms with E-state index in [4.69, 9.17) is 0 Å². The number of imide groups is 1. The number of carbonyl (C=O) groups is 4. The predicted molar refractivity (Wildman–Crippen MR) is 99.3 cm³/mol. The zero-order valence-electron chi connectivity index (χ0n) is 14.6. The highest BCUT2D eigenvalue weighted by Gasteiger charge is 2.36. The van der Waals surface area contributed by atoms with Crippen LogP contribution in [0.2, 0.25) is 0 Å². The third-order valence-electron chi connectivity index (χ3n) is 3.79. The monoisotopic (exact) mass is 379 g/mol. The minimum absolute atomic E-state index is 0.00353. The molecule has 5 amide bonds. The van der Waals surface area contributed by atoms with E-state index in [9.17, 15) is 19.2 Å². The Morgan fingerprint density at radius 2 is 2.15 bits per heavy atom.